The summed E-state index contributed by atoms with van der Waals surface area (Å²) >= 11 is 0. The average molecular weight is 477 g/mol. The van der Waals surface area contributed by atoms with Crippen LogP contribution in [0.3, 0.4) is 0 Å². The molecular formula is C26H53O5P. The van der Waals surface area contributed by atoms with Gasteiger partial charge in [0.25, 0.3) is 0 Å². The van der Waals surface area contributed by atoms with E-state index in [1.54, 1.807) is 13.8 Å². The van der Waals surface area contributed by atoms with E-state index >= 15 is 0 Å². The van der Waals surface area contributed by atoms with Crippen molar-refractivity contribution in [2.75, 3.05) is 6.61 Å². The van der Waals surface area contributed by atoms with Crippen LogP contribution < -0.4 is 0 Å². The molecule has 6 heteroatoms. The molecule has 0 aromatic rings. The summed E-state index contributed by atoms with van der Waals surface area (Å²) in [4.78, 5) is 17.9. The Balaban J connectivity index is 3.59. The Labute approximate surface area is 199 Å². The van der Waals surface area contributed by atoms with E-state index in [9.17, 15) is 4.57 Å². The van der Waals surface area contributed by atoms with Gasteiger partial charge in [-0.05, 0) is 66.2 Å². The minimum atomic E-state index is -4.47. The molecule has 0 rings (SSSR count). The quantitative estimate of drug-likeness (QED) is 0.0930. The van der Waals surface area contributed by atoms with Crippen LogP contribution in [0.1, 0.15) is 137 Å². The van der Waals surface area contributed by atoms with Gasteiger partial charge in [0.1, 0.15) is 0 Å². The van der Waals surface area contributed by atoms with Crippen molar-refractivity contribution in [1.82, 2.24) is 0 Å². The molecule has 0 atom stereocenters. The molecule has 0 saturated carbocycles. The van der Waals surface area contributed by atoms with Crippen LogP contribution in [0.15, 0.2) is 12.2 Å². The Morgan fingerprint density at radius 3 is 1.66 bits per heavy atom. The molecule has 0 saturated heterocycles. The minimum absolute atomic E-state index is 0.223. The van der Waals surface area contributed by atoms with Crippen LogP contribution in [0.5, 0.6) is 0 Å². The topological polar surface area (TPSA) is 76.0 Å². The van der Waals surface area contributed by atoms with Gasteiger partial charge in [0.15, 0.2) is 0 Å². The van der Waals surface area contributed by atoms with Gasteiger partial charge in [-0.15, -0.1) is 0 Å². The standard InChI is InChI=1S/C26H53O5P/c1-6-7-8-9-10-11-12-13-14-15-16-17-18-19-20-21-22-25(2,3)30-24-23-26(4,5)31-32(27,28)29/h13-14H,6-12,15-24H2,1-5H3,(H2,27,28,29)/b14-13-. The second-order valence-corrected chi connectivity index (χ2v) is 11.6. The molecular weight excluding hydrogens is 423 g/mol. The maximum absolute atomic E-state index is 11.0. The second kappa shape index (κ2) is 18.2. The summed E-state index contributed by atoms with van der Waals surface area (Å²) in [5.74, 6) is 0. The number of phosphoric acid groups is 1. The van der Waals surface area contributed by atoms with Crippen molar-refractivity contribution < 1.29 is 23.6 Å². The molecule has 0 aliphatic carbocycles. The zero-order valence-corrected chi connectivity index (χ0v) is 22.6. The van der Waals surface area contributed by atoms with Crippen LogP contribution in [0, 0.1) is 0 Å². The van der Waals surface area contributed by atoms with Crippen molar-refractivity contribution in [3.63, 3.8) is 0 Å². The summed E-state index contributed by atoms with van der Waals surface area (Å²) < 4.78 is 21.8. The summed E-state index contributed by atoms with van der Waals surface area (Å²) in [7, 11) is -4.47. The van der Waals surface area contributed by atoms with E-state index < -0.39 is 13.4 Å². The fraction of sp³-hybridized carbons (Fsp3) is 0.923. The first-order valence-electron chi connectivity index (χ1n) is 13.0. The summed E-state index contributed by atoms with van der Waals surface area (Å²) in [5.41, 5.74) is -1.13. The highest BCUT2D eigenvalue weighted by molar-refractivity contribution is 7.46. The van der Waals surface area contributed by atoms with Gasteiger partial charge < -0.3 is 14.5 Å². The first kappa shape index (κ1) is 31.8. The number of phosphoric ester groups is 1. The zero-order valence-electron chi connectivity index (χ0n) is 21.7. The van der Waals surface area contributed by atoms with Crippen molar-refractivity contribution in [3.05, 3.63) is 12.2 Å². The van der Waals surface area contributed by atoms with Crippen molar-refractivity contribution >= 4 is 7.82 Å². The lowest BCUT2D eigenvalue weighted by atomic mass is 9.98. The maximum Gasteiger partial charge on any atom is 0.470 e. The molecule has 0 heterocycles. The third-order valence-electron chi connectivity index (χ3n) is 5.85. The Bertz CT molecular complexity index is 510. The summed E-state index contributed by atoms with van der Waals surface area (Å²) in [5, 5.41) is 0. The molecule has 0 unspecified atom stereocenters. The summed E-state index contributed by atoms with van der Waals surface area (Å²) in [6, 6.07) is 0. The number of allylic oxidation sites excluding steroid dienone is 2. The van der Waals surface area contributed by atoms with Crippen LogP contribution in [-0.2, 0) is 13.8 Å². The van der Waals surface area contributed by atoms with Crippen LogP contribution in [0.4, 0.5) is 0 Å². The summed E-state index contributed by atoms with van der Waals surface area (Å²) in [6.07, 6.45) is 24.5. The molecule has 5 nitrogen and oxygen atoms in total. The van der Waals surface area contributed by atoms with Gasteiger partial charge in [-0.25, -0.2) is 4.57 Å². The molecule has 0 aliphatic heterocycles. The molecule has 0 fully saturated rings. The van der Waals surface area contributed by atoms with Crippen LogP contribution in [0.25, 0.3) is 0 Å². The molecule has 0 amide bonds. The Hall–Kier alpha value is -0.190. The Morgan fingerprint density at radius 2 is 1.16 bits per heavy atom. The molecule has 0 radical (unpaired) electrons. The molecule has 32 heavy (non-hydrogen) atoms. The highest BCUT2D eigenvalue weighted by Gasteiger charge is 2.29. The average Bonchev–Trinajstić information content (AvgIpc) is 2.65. The first-order valence-corrected chi connectivity index (χ1v) is 14.6. The van der Waals surface area contributed by atoms with E-state index in [0.29, 0.717) is 13.0 Å². The van der Waals surface area contributed by atoms with Crippen LogP contribution in [0.2, 0.25) is 0 Å². The third kappa shape index (κ3) is 23.0. The fourth-order valence-electron chi connectivity index (χ4n) is 3.81. The second-order valence-electron chi connectivity index (χ2n) is 10.4. The van der Waals surface area contributed by atoms with Crippen molar-refractivity contribution in [3.8, 4) is 0 Å². The highest BCUT2D eigenvalue weighted by Crippen LogP contribution is 2.42. The SMILES string of the molecule is CCCCCCCC/C=C\CCCCCCCCC(C)(C)OCCC(C)(C)OP(=O)(O)O. The van der Waals surface area contributed by atoms with Gasteiger partial charge in [0.2, 0.25) is 0 Å². The smallest absolute Gasteiger partial charge is 0.375 e. The number of rotatable bonds is 22. The highest BCUT2D eigenvalue weighted by atomic mass is 31.2. The molecule has 0 aliphatic rings. The predicted octanol–water partition coefficient (Wildman–Crippen LogP) is 8.49. The zero-order chi connectivity index (χ0) is 24.3. The number of ether oxygens (including phenoxy) is 1. The maximum atomic E-state index is 11.0. The van der Waals surface area contributed by atoms with E-state index in [2.05, 4.69) is 32.9 Å². The van der Waals surface area contributed by atoms with Crippen LogP contribution in [-0.4, -0.2) is 27.6 Å². The molecule has 0 aromatic carbocycles. The van der Waals surface area contributed by atoms with E-state index in [4.69, 9.17) is 19.0 Å². The van der Waals surface area contributed by atoms with E-state index in [0.717, 1.165) is 12.8 Å². The predicted molar refractivity (Wildman–Crippen MR) is 136 cm³/mol. The van der Waals surface area contributed by atoms with E-state index in [-0.39, 0.29) is 5.60 Å². The van der Waals surface area contributed by atoms with Gasteiger partial charge in [-0.3, -0.25) is 4.52 Å². The normalized spacial score (nSPS) is 13.3. The Kier molecular flexibility index (Phi) is 18.1. The van der Waals surface area contributed by atoms with Gasteiger partial charge >= 0.3 is 7.82 Å². The van der Waals surface area contributed by atoms with Crippen molar-refractivity contribution in [2.45, 2.75) is 149 Å². The molecule has 0 spiro atoms. The van der Waals surface area contributed by atoms with E-state index in [1.807, 2.05) is 0 Å². The van der Waals surface area contributed by atoms with Crippen molar-refractivity contribution in [2.24, 2.45) is 0 Å². The lowest BCUT2D eigenvalue weighted by Crippen LogP contribution is -2.30. The largest absolute Gasteiger partial charge is 0.470 e. The molecule has 0 aromatic heterocycles. The van der Waals surface area contributed by atoms with Gasteiger partial charge in [0, 0.05) is 0 Å². The lowest BCUT2D eigenvalue weighted by Gasteiger charge is -2.29. The Morgan fingerprint density at radius 1 is 0.688 bits per heavy atom. The number of unbranched alkanes of at least 4 members (excludes halogenated alkanes) is 12. The fourth-order valence-corrected chi connectivity index (χ4v) is 4.55. The summed E-state index contributed by atoms with van der Waals surface area (Å²) in [6.45, 7) is 10.2. The molecule has 0 bridgehead atoms. The monoisotopic (exact) mass is 476 g/mol. The van der Waals surface area contributed by atoms with E-state index in [1.165, 1.54) is 83.5 Å². The molecule has 2 N–H and O–H groups in total. The number of hydrogen-bond donors (Lipinski definition) is 2. The lowest BCUT2D eigenvalue weighted by molar-refractivity contribution is -0.0497. The third-order valence-corrected chi connectivity index (χ3v) is 6.59. The first-order chi connectivity index (χ1) is 15.0. The van der Waals surface area contributed by atoms with Crippen molar-refractivity contribution in [1.29, 1.82) is 0 Å². The van der Waals surface area contributed by atoms with Crippen LogP contribution >= 0.6 is 7.82 Å². The minimum Gasteiger partial charge on any atom is -0.375 e. The van der Waals surface area contributed by atoms with Gasteiger partial charge in [-0.1, -0.05) is 83.3 Å². The van der Waals surface area contributed by atoms with Gasteiger partial charge in [-0.2, -0.15) is 0 Å². The van der Waals surface area contributed by atoms with Gasteiger partial charge in [0.05, 0.1) is 17.8 Å². The number of hydrogen-bond acceptors (Lipinski definition) is 3. The molecule has 192 valence electrons.